The number of hydrogen-bond acceptors (Lipinski definition) is 5. The number of ether oxygens (including phenoxy) is 1. The molecule has 8 heteroatoms. The molecule has 1 saturated heterocycles. The SMILES string of the molecule is O=C(Nc1ccccc1Oc1ncc(Cl)cc1Cl)c1ccc(C2SCCCS2)cc1. The summed E-state index contributed by atoms with van der Waals surface area (Å²) in [6.07, 6.45) is 2.71. The van der Waals surface area contributed by atoms with Gasteiger partial charge in [-0.05, 0) is 53.8 Å². The maximum Gasteiger partial charge on any atom is 0.255 e. The monoisotopic (exact) mass is 476 g/mol. The van der Waals surface area contributed by atoms with Crippen molar-refractivity contribution in [1.82, 2.24) is 4.98 Å². The molecule has 1 N–H and O–H groups in total. The van der Waals surface area contributed by atoms with Crippen LogP contribution in [0.1, 0.15) is 26.9 Å². The Hall–Kier alpha value is -1.86. The molecule has 3 aromatic rings. The molecule has 4 rings (SSSR count). The number of pyridine rings is 1. The quantitative estimate of drug-likeness (QED) is 0.418. The van der Waals surface area contributed by atoms with Gasteiger partial charge in [-0.3, -0.25) is 4.79 Å². The zero-order chi connectivity index (χ0) is 20.9. The van der Waals surface area contributed by atoms with Gasteiger partial charge in [-0.2, -0.15) is 0 Å². The average molecular weight is 477 g/mol. The molecule has 1 aliphatic rings. The molecule has 0 unspecified atom stereocenters. The molecule has 1 aliphatic heterocycles. The van der Waals surface area contributed by atoms with Crippen LogP contribution in [0.4, 0.5) is 5.69 Å². The van der Waals surface area contributed by atoms with Gasteiger partial charge in [-0.15, -0.1) is 23.5 Å². The highest BCUT2D eigenvalue weighted by Gasteiger charge is 2.17. The van der Waals surface area contributed by atoms with E-state index >= 15 is 0 Å². The molecule has 0 radical (unpaired) electrons. The summed E-state index contributed by atoms with van der Waals surface area (Å²) in [5.74, 6) is 2.81. The number of carbonyl (C=O) groups excluding carboxylic acids is 1. The summed E-state index contributed by atoms with van der Waals surface area (Å²) in [6, 6.07) is 16.5. The Bertz CT molecular complexity index is 1040. The van der Waals surface area contributed by atoms with E-state index in [0.29, 0.717) is 26.6 Å². The van der Waals surface area contributed by atoms with Crippen molar-refractivity contribution < 1.29 is 9.53 Å². The standard InChI is InChI=1S/C22H18Cl2N2O2S2/c23-16-12-17(24)21(25-13-16)28-19-5-2-1-4-18(19)26-20(27)14-6-8-15(9-7-14)22-29-10-3-11-30-22/h1-2,4-9,12-13,22H,3,10-11H2,(H,26,27). The minimum absolute atomic E-state index is 0.211. The highest BCUT2D eigenvalue weighted by Crippen LogP contribution is 2.43. The molecule has 0 saturated carbocycles. The summed E-state index contributed by atoms with van der Waals surface area (Å²) < 4.78 is 6.25. The number of para-hydroxylation sites is 2. The zero-order valence-corrected chi connectivity index (χ0v) is 19.0. The van der Waals surface area contributed by atoms with E-state index in [1.165, 1.54) is 29.7 Å². The molecule has 0 aliphatic carbocycles. The Morgan fingerprint density at radius 1 is 1.07 bits per heavy atom. The number of amides is 1. The number of nitrogens with zero attached hydrogens (tertiary/aromatic N) is 1. The van der Waals surface area contributed by atoms with Crippen molar-refractivity contribution in [1.29, 1.82) is 0 Å². The van der Waals surface area contributed by atoms with E-state index in [0.717, 1.165) is 0 Å². The third kappa shape index (κ3) is 5.24. The maximum atomic E-state index is 12.8. The van der Waals surface area contributed by atoms with E-state index in [9.17, 15) is 4.79 Å². The van der Waals surface area contributed by atoms with Gasteiger partial charge in [0.2, 0.25) is 5.88 Å². The molecule has 0 atom stereocenters. The number of hydrogen-bond donors (Lipinski definition) is 1. The fraction of sp³-hybridized carbons (Fsp3) is 0.182. The second-order valence-electron chi connectivity index (χ2n) is 6.54. The summed E-state index contributed by atoms with van der Waals surface area (Å²) >= 11 is 16.0. The fourth-order valence-corrected chi connectivity index (χ4v) is 6.22. The Labute approximate surface area is 193 Å². The van der Waals surface area contributed by atoms with Crippen molar-refractivity contribution in [3.63, 3.8) is 0 Å². The van der Waals surface area contributed by atoms with Crippen molar-refractivity contribution in [3.8, 4) is 11.6 Å². The van der Waals surface area contributed by atoms with E-state index in [1.54, 1.807) is 18.2 Å². The lowest BCUT2D eigenvalue weighted by Gasteiger charge is -2.21. The van der Waals surface area contributed by atoms with Gasteiger partial charge in [-0.1, -0.05) is 47.5 Å². The Morgan fingerprint density at radius 3 is 2.53 bits per heavy atom. The Balaban J connectivity index is 1.48. The smallest absolute Gasteiger partial charge is 0.255 e. The van der Waals surface area contributed by atoms with E-state index in [2.05, 4.69) is 10.3 Å². The molecule has 4 nitrogen and oxygen atoms in total. The van der Waals surface area contributed by atoms with Crippen LogP contribution in [0, 0.1) is 0 Å². The van der Waals surface area contributed by atoms with E-state index in [4.69, 9.17) is 27.9 Å². The normalized spacial score (nSPS) is 14.3. The molecule has 2 heterocycles. The minimum atomic E-state index is -0.211. The Morgan fingerprint density at radius 2 is 1.80 bits per heavy atom. The number of anilines is 1. The number of thioether (sulfide) groups is 2. The third-order valence-corrected chi connectivity index (χ3v) is 7.88. The van der Waals surface area contributed by atoms with Crippen molar-refractivity contribution in [2.45, 2.75) is 11.0 Å². The topological polar surface area (TPSA) is 51.2 Å². The van der Waals surface area contributed by atoms with Crippen molar-refractivity contribution in [2.24, 2.45) is 0 Å². The van der Waals surface area contributed by atoms with Crippen LogP contribution in [0.25, 0.3) is 0 Å². The maximum absolute atomic E-state index is 12.8. The van der Waals surface area contributed by atoms with Crippen LogP contribution in [0.5, 0.6) is 11.6 Å². The van der Waals surface area contributed by atoms with E-state index in [1.807, 2.05) is 59.9 Å². The van der Waals surface area contributed by atoms with Gasteiger partial charge < -0.3 is 10.1 Å². The molecule has 30 heavy (non-hydrogen) atoms. The zero-order valence-electron chi connectivity index (χ0n) is 15.8. The number of nitrogens with one attached hydrogen (secondary N) is 1. The second-order valence-corrected chi connectivity index (χ2v) is 10.1. The van der Waals surface area contributed by atoms with Gasteiger partial charge in [-0.25, -0.2) is 4.98 Å². The van der Waals surface area contributed by atoms with Crippen LogP contribution in [0.3, 0.4) is 0 Å². The van der Waals surface area contributed by atoms with Gasteiger partial charge >= 0.3 is 0 Å². The van der Waals surface area contributed by atoms with Gasteiger partial charge in [0, 0.05) is 11.8 Å². The predicted molar refractivity (Wildman–Crippen MR) is 127 cm³/mol. The van der Waals surface area contributed by atoms with Crippen LogP contribution in [-0.4, -0.2) is 22.4 Å². The highest BCUT2D eigenvalue weighted by atomic mass is 35.5. The van der Waals surface area contributed by atoms with Gasteiger partial charge in [0.15, 0.2) is 5.75 Å². The summed E-state index contributed by atoms with van der Waals surface area (Å²) in [5.41, 5.74) is 2.35. The van der Waals surface area contributed by atoms with Crippen molar-refractivity contribution in [2.75, 3.05) is 16.8 Å². The van der Waals surface area contributed by atoms with Crippen LogP contribution in [0.15, 0.2) is 60.8 Å². The molecule has 1 amide bonds. The summed E-state index contributed by atoms with van der Waals surface area (Å²) in [5, 5.41) is 3.61. The molecule has 154 valence electrons. The first-order valence-corrected chi connectivity index (χ1v) is 12.2. The average Bonchev–Trinajstić information content (AvgIpc) is 2.77. The fourth-order valence-electron chi connectivity index (χ4n) is 2.91. The Kier molecular flexibility index (Phi) is 7.10. The largest absolute Gasteiger partial charge is 0.435 e. The lowest BCUT2D eigenvalue weighted by Crippen LogP contribution is -2.12. The third-order valence-electron chi connectivity index (χ3n) is 4.39. The molecular weight excluding hydrogens is 459 g/mol. The first kappa shape index (κ1) is 21.4. The van der Waals surface area contributed by atoms with Crippen LogP contribution in [0.2, 0.25) is 10.0 Å². The van der Waals surface area contributed by atoms with Crippen LogP contribution < -0.4 is 10.1 Å². The lowest BCUT2D eigenvalue weighted by atomic mass is 10.1. The molecule has 1 aromatic heterocycles. The van der Waals surface area contributed by atoms with E-state index < -0.39 is 0 Å². The van der Waals surface area contributed by atoms with Gasteiger partial charge in [0.25, 0.3) is 5.91 Å². The number of halogens is 2. The van der Waals surface area contributed by atoms with Gasteiger partial charge in [0.05, 0.1) is 15.3 Å². The van der Waals surface area contributed by atoms with Crippen LogP contribution >= 0.6 is 46.7 Å². The summed E-state index contributed by atoms with van der Waals surface area (Å²) in [7, 11) is 0. The van der Waals surface area contributed by atoms with Crippen molar-refractivity contribution in [3.05, 3.63) is 82.0 Å². The molecule has 1 fully saturated rings. The summed E-state index contributed by atoms with van der Waals surface area (Å²) in [6.45, 7) is 0. The molecule has 0 spiro atoms. The van der Waals surface area contributed by atoms with Crippen LogP contribution in [-0.2, 0) is 0 Å². The predicted octanol–water partition coefficient (Wildman–Crippen LogP) is 7.30. The number of rotatable bonds is 5. The number of benzene rings is 2. The van der Waals surface area contributed by atoms with Gasteiger partial charge in [0.1, 0.15) is 5.02 Å². The molecule has 0 bridgehead atoms. The second kappa shape index (κ2) is 9.96. The first-order chi connectivity index (χ1) is 14.6. The highest BCUT2D eigenvalue weighted by molar-refractivity contribution is 8.16. The number of carbonyl (C=O) groups is 1. The van der Waals surface area contributed by atoms with E-state index in [-0.39, 0.29) is 16.8 Å². The first-order valence-electron chi connectivity index (χ1n) is 9.32. The lowest BCUT2D eigenvalue weighted by molar-refractivity contribution is 0.102. The minimum Gasteiger partial charge on any atom is -0.435 e. The van der Waals surface area contributed by atoms with Crippen molar-refractivity contribution >= 4 is 58.3 Å². The molecule has 2 aromatic carbocycles. The number of aromatic nitrogens is 1. The molecular formula is C22H18Cl2N2O2S2. The summed E-state index contributed by atoms with van der Waals surface area (Å²) in [4.78, 5) is 16.9.